The molecule has 1 aromatic carbocycles. The number of aryl methyl sites for hydroxylation is 1. The molecule has 0 fully saturated rings. The summed E-state index contributed by atoms with van der Waals surface area (Å²) in [5, 5.41) is 0. The van der Waals surface area contributed by atoms with Gasteiger partial charge in [-0.3, -0.25) is 9.59 Å². The fourth-order valence-corrected chi connectivity index (χ4v) is 2.64. The molecule has 27 heavy (non-hydrogen) atoms. The Morgan fingerprint density at radius 2 is 1.59 bits per heavy atom. The van der Waals surface area contributed by atoms with Crippen LogP contribution in [0.15, 0.2) is 36.9 Å². The van der Waals surface area contributed by atoms with Crippen LogP contribution in [0.2, 0.25) is 0 Å². The second kappa shape index (κ2) is 14.9. The van der Waals surface area contributed by atoms with E-state index >= 15 is 0 Å². The van der Waals surface area contributed by atoms with Crippen molar-refractivity contribution in [3.05, 3.63) is 48.0 Å². The summed E-state index contributed by atoms with van der Waals surface area (Å²) >= 11 is 0. The predicted octanol–water partition coefficient (Wildman–Crippen LogP) is 2.10. The lowest BCUT2D eigenvalue weighted by molar-refractivity contribution is -0.119. The van der Waals surface area contributed by atoms with Gasteiger partial charge in [-0.25, -0.2) is 0 Å². The van der Waals surface area contributed by atoms with E-state index in [0.29, 0.717) is 19.3 Å². The molecule has 0 aliphatic rings. The highest BCUT2D eigenvalue weighted by Crippen LogP contribution is 2.11. The topological polar surface area (TPSA) is 115 Å². The third-order valence-electron chi connectivity index (χ3n) is 3.92. The van der Waals surface area contributed by atoms with Gasteiger partial charge in [0.05, 0.1) is 0 Å². The van der Waals surface area contributed by atoms with Crippen molar-refractivity contribution in [3.63, 3.8) is 0 Å². The maximum atomic E-state index is 10.8. The first-order valence-electron chi connectivity index (χ1n) is 9.44. The first-order chi connectivity index (χ1) is 12.8. The number of carbonyl (C=O) groups is 2. The number of primary amides is 2. The second-order valence-electron chi connectivity index (χ2n) is 6.86. The monoisotopic (exact) mass is 376 g/mol. The first-order valence-corrected chi connectivity index (χ1v) is 9.44. The minimum Gasteiger partial charge on any atom is -0.370 e. The van der Waals surface area contributed by atoms with Gasteiger partial charge < -0.3 is 22.1 Å². The second-order valence-corrected chi connectivity index (χ2v) is 6.86. The molecule has 1 rings (SSSR count). The zero-order valence-electron chi connectivity index (χ0n) is 16.8. The number of unbranched alkanes of at least 4 members (excludes halogenated alkanes) is 1. The highest BCUT2D eigenvalue weighted by molar-refractivity contribution is 5.73. The molecular formula is C21H36N4O2. The average molecular weight is 377 g/mol. The molecule has 6 nitrogen and oxygen atoms in total. The SMILES string of the molecule is C=CC.CN(Cc1ccc(CCCCC(N)=O)cc1)CC(N)CCC(N)=O. The van der Waals surface area contributed by atoms with Gasteiger partial charge in [-0.2, -0.15) is 0 Å². The molecule has 1 unspecified atom stereocenters. The van der Waals surface area contributed by atoms with Gasteiger partial charge in [0.25, 0.3) is 0 Å². The molecule has 0 heterocycles. The van der Waals surface area contributed by atoms with Crippen LogP contribution in [-0.4, -0.2) is 36.3 Å². The summed E-state index contributed by atoms with van der Waals surface area (Å²) in [5.74, 6) is -0.540. The highest BCUT2D eigenvalue weighted by Gasteiger charge is 2.09. The lowest BCUT2D eigenvalue weighted by Gasteiger charge is -2.21. The van der Waals surface area contributed by atoms with Gasteiger partial charge in [0.1, 0.15) is 0 Å². The number of rotatable bonds is 12. The van der Waals surface area contributed by atoms with Crippen molar-refractivity contribution in [2.45, 2.75) is 58.0 Å². The zero-order chi connectivity index (χ0) is 20.7. The van der Waals surface area contributed by atoms with Crippen LogP contribution in [0.4, 0.5) is 0 Å². The Labute approximate surface area is 163 Å². The lowest BCUT2D eigenvalue weighted by atomic mass is 10.0. The number of benzene rings is 1. The molecule has 0 spiro atoms. The van der Waals surface area contributed by atoms with Crippen LogP contribution < -0.4 is 17.2 Å². The largest absolute Gasteiger partial charge is 0.370 e. The van der Waals surface area contributed by atoms with Crippen LogP contribution in [0, 0.1) is 0 Å². The molecule has 6 heteroatoms. The number of allylic oxidation sites excluding steroid dienone is 1. The Morgan fingerprint density at radius 3 is 2.11 bits per heavy atom. The van der Waals surface area contributed by atoms with Crippen molar-refractivity contribution in [2.75, 3.05) is 13.6 Å². The molecule has 0 aromatic heterocycles. The summed E-state index contributed by atoms with van der Waals surface area (Å²) in [6.07, 6.45) is 5.92. The van der Waals surface area contributed by atoms with E-state index in [1.165, 1.54) is 11.1 Å². The summed E-state index contributed by atoms with van der Waals surface area (Å²) < 4.78 is 0. The third kappa shape index (κ3) is 14.7. The Bertz CT molecular complexity index is 558. The van der Waals surface area contributed by atoms with Gasteiger partial charge in [0.15, 0.2) is 0 Å². The van der Waals surface area contributed by atoms with Crippen molar-refractivity contribution >= 4 is 11.8 Å². The van der Waals surface area contributed by atoms with Crippen molar-refractivity contribution in [3.8, 4) is 0 Å². The van der Waals surface area contributed by atoms with E-state index in [-0.39, 0.29) is 17.9 Å². The molecule has 1 aromatic rings. The Hall–Kier alpha value is -2.18. The number of hydrogen-bond acceptors (Lipinski definition) is 4. The number of carbonyl (C=O) groups excluding carboxylic acids is 2. The Balaban J connectivity index is 0.00000210. The number of amides is 2. The Kier molecular flexibility index (Phi) is 13.7. The van der Waals surface area contributed by atoms with Crippen LogP contribution >= 0.6 is 0 Å². The van der Waals surface area contributed by atoms with E-state index < -0.39 is 0 Å². The zero-order valence-corrected chi connectivity index (χ0v) is 16.8. The quantitative estimate of drug-likeness (QED) is 0.383. The maximum absolute atomic E-state index is 10.8. The standard InChI is InChI=1S/C18H30N4O2.C3H6/c1-22(13-16(19)10-11-18(21)24)12-15-8-6-14(7-9-15)4-2-3-5-17(20)23;1-3-2/h6-9,16H,2-5,10-13,19H2,1H3,(H2,20,23)(H2,21,24);3H,1H2,2H3. The number of nitrogens with zero attached hydrogens (tertiary/aromatic N) is 1. The highest BCUT2D eigenvalue weighted by atomic mass is 16.1. The van der Waals surface area contributed by atoms with Crippen LogP contribution in [0.5, 0.6) is 0 Å². The van der Waals surface area contributed by atoms with Crippen molar-refractivity contribution < 1.29 is 9.59 Å². The maximum Gasteiger partial charge on any atom is 0.217 e. The van der Waals surface area contributed by atoms with Crippen LogP contribution in [0.3, 0.4) is 0 Å². The van der Waals surface area contributed by atoms with Gasteiger partial charge in [-0.15, -0.1) is 6.58 Å². The van der Waals surface area contributed by atoms with Crippen LogP contribution in [-0.2, 0) is 22.6 Å². The molecule has 0 radical (unpaired) electrons. The van der Waals surface area contributed by atoms with Gasteiger partial charge >= 0.3 is 0 Å². The predicted molar refractivity (Wildman–Crippen MR) is 112 cm³/mol. The van der Waals surface area contributed by atoms with Gasteiger partial charge in [0.2, 0.25) is 11.8 Å². The van der Waals surface area contributed by atoms with Gasteiger partial charge in [-0.05, 0) is 50.8 Å². The molecule has 0 aliphatic carbocycles. The van der Waals surface area contributed by atoms with E-state index in [4.69, 9.17) is 17.2 Å². The lowest BCUT2D eigenvalue weighted by Crippen LogP contribution is -2.35. The molecule has 1 atom stereocenters. The molecule has 0 saturated carbocycles. The summed E-state index contributed by atoms with van der Waals surface area (Å²) in [7, 11) is 2.02. The Morgan fingerprint density at radius 1 is 1.07 bits per heavy atom. The summed E-state index contributed by atoms with van der Waals surface area (Å²) in [6, 6.07) is 8.44. The number of nitrogens with two attached hydrogens (primary N) is 3. The number of likely N-dealkylation sites (N-methyl/N-ethyl adjacent to an activating group) is 1. The molecule has 0 aliphatic heterocycles. The van der Waals surface area contributed by atoms with Gasteiger partial charge in [0, 0.05) is 32.0 Å². The molecular weight excluding hydrogens is 340 g/mol. The molecule has 0 saturated heterocycles. The fraction of sp³-hybridized carbons (Fsp3) is 0.524. The summed E-state index contributed by atoms with van der Waals surface area (Å²) in [5.41, 5.74) is 18.8. The number of hydrogen-bond donors (Lipinski definition) is 3. The van der Waals surface area contributed by atoms with Crippen LogP contribution in [0.1, 0.15) is 50.2 Å². The average Bonchev–Trinajstić information content (AvgIpc) is 2.59. The van der Waals surface area contributed by atoms with Crippen LogP contribution in [0.25, 0.3) is 0 Å². The molecule has 6 N–H and O–H groups in total. The van der Waals surface area contributed by atoms with E-state index in [1.54, 1.807) is 6.08 Å². The van der Waals surface area contributed by atoms with E-state index in [0.717, 1.165) is 32.4 Å². The van der Waals surface area contributed by atoms with Crippen molar-refractivity contribution in [1.29, 1.82) is 0 Å². The van der Waals surface area contributed by atoms with E-state index in [9.17, 15) is 9.59 Å². The van der Waals surface area contributed by atoms with Crippen molar-refractivity contribution in [1.82, 2.24) is 4.90 Å². The van der Waals surface area contributed by atoms with Crippen molar-refractivity contribution in [2.24, 2.45) is 17.2 Å². The molecule has 2 amide bonds. The smallest absolute Gasteiger partial charge is 0.217 e. The molecule has 0 bridgehead atoms. The minimum atomic E-state index is -0.306. The minimum absolute atomic E-state index is 0.0490. The summed E-state index contributed by atoms with van der Waals surface area (Å²) in [6.45, 7) is 6.79. The molecule has 152 valence electrons. The van der Waals surface area contributed by atoms with E-state index in [1.807, 2.05) is 14.0 Å². The fourth-order valence-electron chi connectivity index (χ4n) is 2.64. The van der Waals surface area contributed by atoms with E-state index in [2.05, 4.69) is 35.7 Å². The van der Waals surface area contributed by atoms with Gasteiger partial charge in [-0.1, -0.05) is 30.3 Å². The first kappa shape index (κ1) is 24.8. The normalized spacial score (nSPS) is 11.4. The summed E-state index contributed by atoms with van der Waals surface area (Å²) in [4.78, 5) is 23.6. The third-order valence-corrected chi connectivity index (χ3v) is 3.92.